The highest BCUT2D eigenvalue weighted by molar-refractivity contribution is 5.83. The molecule has 1 aliphatic rings. The van der Waals surface area contributed by atoms with Crippen LogP contribution in [0.5, 0.6) is 0 Å². The fourth-order valence-corrected chi connectivity index (χ4v) is 3.99. The monoisotopic (exact) mass is 380 g/mol. The van der Waals surface area contributed by atoms with Crippen molar-refractivity contribution in [3.8, 4) is 0 Å². The number of carbonyl (C=O) groups is 1. The van der Waals surface area contributed by atoms with E-state index in [4.69, 9.17) is 0 Å². The molecule has 3 heterocycles. The number of aromatic nitrogens is 5. The van der Waals surface area contributed by atoms with Crippen LogP contribution in [0.25, 0.3) is 11.2 Å². The molecule has 2 aromatic heterocycles. The van der Waals surface area contributed by atoms with Crippen LogP contribution in [0.2, 0.25) is 0 Å². The van der Waals surface area contributed by atoms with Gasteiger partial charge in [0.2, 0.25) is 5.91 Å². The van der Waals surface area contributed by atoms with Gasteiger partial charge in [-0.25, -0.2) is 9.67 Å². The van der Waals surface area contributed by atoms with Gasteiger partial charge in [-0.05, 0) is 31.7 Å². The molecule has 1 atom stereocenters. The van der Waals surface area contributed by atoms with Crippen molar-refractivity contribution in [2.24, 2.45) is 0 Å². The van der Waals surface area contributed by atoms with Gasteiger partial charge in [-0.1, -0.05) is 42.5 Å². The Kier molecular flexibility index (Phi) is 4.93. The van der Waals surface area contributed by atoms with Crippen molar-refractivity contribution in [3.63, 3.8) is 0 Å². The SMILES string of the molecule is CC[C@H](C(=O)N1CCC(n2nnc3c(=O)[nH]c(C)nc32)CC1)c1ccccc1. The maximum Gasteiger partial charge on any atom is 0.281 e. The molecule has 1 aliphatic heterocycles. The molecule has 146 valence electrons. The van der Waals surface area contributed by atoms with Crippen LogP contribution in [0, 0.1) is 6.92 Å². The summed E-state index contributed by atoms with van der Waals surface area (Å²) in [6, 6.07) is 10.0. The van der Waals surface area contributed by atoms with E-state index in [1.54, 1.807) is 11.6 Å². The first kappa shape index (κ1) is 18.3. The summed E-state index contributed by atoms with van der Waals surface area (Å²) in [5.74, 6) is 0.621. The van der Waals surface area contributed by atoms with Crippen LogP contribution in [0.1, 0.15) is 49.5 Å². The average Bonchev–Trinajstić information content (AvgIpc) is 3.13. The van der Waals surface area contributed by atoms with Crippen molar-refractivity contribution in [3.05, 3.63) is 52.1 Å². The number of hydrogen-bond donors (Lipinski definition) is 1. The van der Waals surface area contributed by atoms with Gasteiger partial charge >= 0.3 is 0 Å². The minimum absolute atomic E-state index is 0.0829. The number of piperidine rings is 1. The summed E-state index contributed by atoms with van der Waals surface area (Å²) in [5, 5.41) is 8.17. The van der Waals surface area contributed by atoms with Crippen LogP contribution in [-0.4, -0.2) is 48.9 Å². The summed E-state index contributed by atoms with van der Waals surface area (Å²) in [5.41, 5.74) is 1.58. The number of carbonyl (C=O) groups excluding carboxylic acids is 1. The highest BCUT2D eigenvalue weighted by Gasteiger charge is 2.30. The molecule has 4 rings (SSSR count). The van der Waals surface area contributed by atoms with Crippen molar-refractivity contribution in [2.75, 3.05) is 13.1 Å². The summed E-state index contributed by atoms with van der Waals surface area (Å²) in [4.78, 5) is 34.1. The van der Waals surface area contributed by atoms with Crippen LogP contribution in [0.4, 0.5) is 0 Å². The highest BCUT2D eigenvalue weighted by atomic mass is 16.2. The molecule has 0 bridgehead atoms. The molecule has 8 heteroatoms. The number of hydrogen-bond acceptors (Lipinski definition) is 5. The van der Waals surface area contributed by atoms with Crippen molar-refractivity contribution >= 4 is 17.1 Å². The summed E-state index contributed by atoms with van der Waals surface area (Å²) in [7, 11) is 0. The van der Waals surface area contributed by atoms with Crippen LogP contribution in [0.3, 0.4) is 0 Å². The Morgan fingerprint density at radius 3 is 2.64 bits per heavy atom. The Morgan fingerprint density at radius 2 is 1.96 bits per heavy atom. The van der Waals surface area contributed by atoms with E-state index in [1.165, 1.54) is 0 Å². The largest absolute Gasteiger partial charge is 0.342 e. The first-order chi connectivity index (χ1) is 13.6. The molecule has 3 aromatic rings. The number of fused-ring (bicyclic) bond motifs is 1. The quantitative estimate of drug-likeness (QED) is 0.748. The lowest BCUT2D eigenvalue weighted by Gasteiger charge is -2.34. The Balaban J connectivity index is 1.49. The molecule has 0 radical (unpaired) electrons. The summed E-state index contributed by atoms with van der Waals surface area (Å²) >= 11 is 0. The maximum atomic E-state index is 13.1. The first-order valence-corrected chi connectivity index (χ1v) is 9.74. The summed E-state index contributed by atoms with van der Waals surface area (Å²) in [6.07, 6.45) is 2.31. The van der Waals surface area contributed by atoms with Gasteiger partial charge in [-0.15, -0.1) is 5.10 Å². The molecule has 28 heavy (non-hydrogen) atoms. The number of nitrogens with zero attached hydrogens (tertiary/aromatic N) is 5. The third kappa shape index (κ3) is 3.30. The normalized spacial score (nSPS) is 16.4. The summed E-state index contributed by atoms with van der Waals surface area (Å²) < 4.78 is 1.74. The van der Waals surface area contributed by atoms with Crippen LogP contribution < -0.4 is 5.56 Å². The van der Waals surface area contributed by atoms with Crippen LogP contribution >= 0.6 is 0 Å². The van der Waals surface area contributed by atoms with E-state index in [0.717, 1.165) is 24.8 Å². The second kappa shape index (κ2) is 7.53. The van der Waals surface area contributed by atoms with Gasteiger partial charge < -0.3 is 9.88 Å². The smallest absolute Gasteiger partial charge is 0.281 e. The lowest BCUT2D eigenvalue weighted by Crippen LogP contribution is -2.41. The topological polar surface area (TPSA) is 96.8 Å². The van der Waals surface area contributed by atoms with Gasteiger partial charge in [0.25, 0.3) is 5.56 Å². The minimum atomic E-state index is -0.269. The van der Waals surface area contributed by atoms with Gasteiger partial charge in [0.05, 0.1) is 12.0 Å². The molecule has 1 amide bonds. The molecule has 0 spiro atoms. The van der Waals surface area contributed by atoms with Gasteiger partial charge in [-0.3, -0.25) is 9.59 Å². The number of aromatic amines is 1. The third-order valence-electron chi connectivity index (χ3n) is 5.48. The molecular formula is C20H24N6O2. The van der Waals surface area contributed by atoms with E-state index in [2.05, 4.69) is 27.2 Å². The third-order valence-corrected chi connectivity index (χ3v) is 5.48. The van der Waals surface area contributed by atoms with Gasteiger partial charge in [0.1, 0.15) is 5.82 Å². The molecule has 1 aromatic carbocycles. The van der Waals surface area contributed by atoms with Crippen LogP contribution in [-0.2, 0) is 4.79 Å². The van der Waals surface area contributed by atoms with E-state index in [9.17, 15) is 9.59 Å². The van der Waals surface area contributed by atoms with E-state index in [-0.39, 0.29) is 28.9 Å². The molecular weight excluding hydrogens is 356 g/mol. The zero-order chi connectivity index (χ0) is 19.7. The van der Waals surface area contributed by atoms with Gasteiger partial charge in [-0.2, -0.15) is 0 Å². The number of nitrogens with one attached hydrogen (secondary N) is 1. The predicted molar refractivity (Wildman–Crippen MR) is 105 cm³/mol. The first-order valence-electron chi connectivity index (χ1n) is 9.74. The Morgan fingerprint density at radius 1 is 1.25 bits per heavy atom. The second-order valence-electron chi connectivity index (χ2n) is 7.29. The van der Waals surface area contributed by atoms with E-state index in [1.807, 2.05) is 35.2 Å². The lowest BCUT2D eigenvalue weighted by atomic mass is 9.93. The van der Waals surface area contributed by atoms with E-state index in [0.29, 0.717) is 24.6 Å². The molecule has 8 nitrogen and oxygen atoms in total. The number of rotatable bonds is 4. The van der Waals surface area contributed by atoms with E-state index >= 15 is 0 Å². The summed E-state index contributed by atoms with van der Waals surface area (Å²) in [6.45, 7) is 5.12. The fraction of sp³-hybridized carbons (Fsp3) is 0.450. The number of H-pyrrole nitrogens is 1. The maximum absolute atomic E-state index is 13.1. The molecule has 0 unspecified atom stereocenters. The minimum Gasteiger partial charge on any atom is -0.342 e. The Hall–Kier alpha value is -3.03. The van der Waals surface area contributed by atoms with Crippen molar-refractivity contribution in [2.45, 2.75) is 45.1 Å². The fourth-order valence-electron chi connectivity index (χ4n) is 3.99. The standard InChI is InChI=1S/C20H24N6O2/c1-3-16(14-7-5-4-6-8-14)20(28)25-11-9-15(10-12-25)26-18-17(23-24-26)19(27)22-13(2)21-18/h4-8,15-16H,3,9-12H2,1-2H3,(H,21,22,27)/t16-/m0/s1. The zero-order valence-corrected chi connectivity index (χ0v) is 16.1. The number of likely N-dealkylation sites (tertiary alicyclic amines) is 1. The van der Waals surface area contributed by atoms with Gasteiger partial charge in [0, 0.05) is 13.1 Å². The zero-order valence-electron chi connectivity index (χ0n) is 16.1. The highest BCUT2D eigenvalue weighted by Crippen LogP contribution is 2.28. The number of amides is 1. The average molecular weight is 380 g/mol. The second-order valence-corrected chi connectivity index (χ2v) is 7.29. The van der Waals surface area contributed by atoms with Crippen molar-refractivity contribution < 1.29 is 4.79 Å². The Bertz CT molecular complexity index is 1030. The molecule has 0 saturated carbocycles. The van der Waals surface area contributed by atoms with Gasteiger partial charge in [0.15, 0.2) is 11.2 Å². The van der Waals surface area contributed by atoms with E-state index < -0.39 is 0 Å². The lowest BCUT2D eigenvalue weighted by molar-refractivity contribution is -0.134. The molecule has 1 N–H and O–H groups in total. The molecule has 1 saturated heterocycles. The number of benzene rings is 1. The van der Waals surface area contributed by atoms with Crippen LogP contribution in [0.15, 0.2) is 35.1 Å². The molecule has 1 fully saturated rings. The van der Waals surface area contributed by atoms with Crippen molar-refractivity contribution in [1.29, 1.82) is 0 Å². The van der Waals surface area contributed by atoms with Crippen molar-refractivity contribution in [1.82, 2.24) is 29.9 Å². The molecule has 0 aliphatic carbocycles. The predicted octanol–water partition coefficient (Wildman–Crippen LogP) is 2.18. The number of aryl methyl sites for hydroxylation is 1. The Labute approximate surface area is 162 Å².